The van der Waals surface area contributed by atoms with Gasteiger partial charge in [0.1, 0.15) is 5.82 Å². The number of rotatable bonds is 4. The summed E-state index contributed by atoms with van der Waals surface area (Å²) in [5.41, 5.74) is 3.17. The lowest BCUT2D eigenvalue weighted by Crippen LogP contribution is -2.49. The van der Waals surface area contributed by atoms with Gasteiger partial charge < -0.3 is 15.0 Å². The van der Waals surface area contributed by atoms with Crippen molar-refractivity contribution in [2.24, 2.45) is 0 Å². The van der Waals surface area contributed by atoms with Crippen LogP contribution in [0.3, 0.4) is 0 Å². The molecule has 2 aromatic rings. The molecule has 0 saturated carbocycles. The molecule has 2 saturated heterocycles. The molecule has 6 heteroatoms. The van der Waals surface area contributed by atoms with Gasteiger partial charge in [-0.1, -0.05) is 6.07 Å². The maximum atomic E-state index is 12.7. The molecule has 3 heterocycles. The highest BCUT2D eigenvalue weighted by molar-refractivity contribution is 5.82. The normalized spacial score (nSPS) is 22.5. The molecule has 1 atom stereocenters. The van der Waals surface area contributed by atoms with Crippen LogP contribution in [0.2, 0.25) is 0 Å². The standard InChI is InChI=1S/C19H26N4O2/c1-13-4-5-15-16(11-13)22-18(21-15)12-20-19(24)17-3-2-8-23(17)14-6-9-25-10-7-14/h4-5,11,14,17H,2-3,6-10,12H2,1H3,(H,20,24)(H,21,22). The number of hydrogen-bond acceptors (Lipinski definition) is 4. The highest BCUT2D eigenvalue weighted by Gasteiger charge is 2.35. The summed E-state index contributed by atoms with van der Waals surface area (Å²) < 4.78 is 5.46. The maximum absolute atomic E-state index is 12.7. The fourth-order valence-electron chi connectivity index (χ4n) is 4.07. The van der Waals surface area contributed by atoms with Crippen molar-refractivity contribution in [2.75, 3.05) is 19.8 Å². The number of carbonyl (C=O) groups excluding carboxylic acids is 1. The third kappa shape index (κ3) is 3.55. The number of benzene rings is 1. The van der Waals surface area contributed by atoms with E-state index in [4.69, 9.17) is 4.74 Å². The van der Waals surface area contributed by atoms with E-state index in [0.29, 0.717) is 12.6 Å². The van der Waals surface area contributed by atoms with Crippen LogP contribution in [0, 0.1) is 6.92 Å². The van der Waals surface area contributed by atoms with E-state index < -0.39 is 0 Å². The van der Waals surface area contributed by atoms with Crippen molar-refractivity contribution < 1.29 is 9.53 Å². The molecule has 1 aromatic carbocycles. The first-order chi connectivity index (χ1) is 12.2. The van der Waals surface area contributed by atoms with Gasteiger partial charge >= 0.3 is 0 Å². The summed E-state index contributed by atoms with van der Waals surface area (Å²) in [5.74, 6) is 0.935. The smallest absolute Gasteiger partial charge is 0.237 e. The Labute approximate surface area is 147 Å². The number of likely N-dealkylation sites (tertiary alicyclic amines) is 1. The minimum Gasteiger partial charge on any atom is -0.381 e. The Hall–Kier alpha value is -1.92. The molecule has 0 bridgehead atoms. The monoisotopic (exact) mass is 342 g/mol. The van der Waals surface area contributed by atoms with Crippen molar-refractivity contribution in [2.45, 2.75) is 51.2 Å². The number of imidazole rings is 1. The van der Waals surface area contributed by atoms with Crippen molar-refractivity contribution >= 4 is 16.9 Å². The lowest BCUT2D eigenvalue weighted by molar-refractivity contribution is -0.127. The number of aromatic amines is 1. The molecular formula is C19H26N4O2. The van der Waals surface area contributed by atoms with Crippen molar-refractivity contribution in [3.05, 3.63) is 29.6 Å². The van der Waals surface area contributed by atoms with Gasteiger partial charge in [0, 0.05) is 19.3 Å². The zero-order valence-corrected chi connectivity index (χ0v) is 14.8. The van der Waals surface area contributed by atoms with Crippen LogP contribution in [-0.2, 0) is 16.1 Å². The predicted octanol–water partition coefficient (Wildman–Crippen LogP) is 2.13. The molecule has 2 aliphatic rings. The summed E-state index contributed by atoms with van der Waals surface area (Å²) in [6.07, 6.45) is 4.11. The summed E-state index contributed by atoms with van der Waals surface area (Å²) in [7, 11) is 0. The highest BCUT2D eigenvalue weighted by Crippen LogP contribution is 2.25. The van der Waals surface area contributed by atoms with Crippen LogP contribution in [0.25, 0.3) is 11.0 Å². The fraction of sp³-hybridized carbons (Fsp3) is 0.579. The molecule has 25 heavy (non-hydrogen) atoms. The minimum atomic E-state index is -0.00489. The molecule has 0 spiro atoms. The summed E-state index contributed by atoms with van der Waals surface area (Å²) in [4.78, 5) is 23.0. The van der Waals surface area contributed by atoms with Crippen molar-refractivity contribution in [3.63, 3.8) is 0 Å². The Morgan fingerprint density at radius 1 is 1.36 bits per heavy atom. The van der Waals surface area contributed by atoms with Gasteiger partial charge in [0.2, 0.25) is 5.91 Å². The Balaban J connectivity index is 1.38. The minimum absolute atomic E-state index is 0.00489. The Morgan fingerprint density at radius 3 is 3.04 bits per heavy atom. The molecule has 0 radical (unpaired) electrons. The van der Waals surface area contributed by atoms with Gasteiger partial charge in [-0.2, -0.15) is 0 Å². The van der Waals surface area contributed by atoms with Crippen molar-refractivity contribution in [3.8, 4) is 0 Å². The zero-order chi connectivity index (χ0) is 17.2. The number of fused-ring (bicyclic) bond motifs is 1. The molecule has 0 aliphatic carbocycles. The van der Waals surface area contributed by atoms with Crippen LogP contribution >= 0.6 is 0 Å². The van der Waals surface area contributed by atoms with Crippen LogP contribution in [0.5, 0.6) is 0 Å². The summed E-state index contributed by atoms with van der Waals surface area (Å²) in [5, 5.41) is 3.08. The number of ether oxygens (including phenoxy) is 1. The van der Waals surface area contributed by atoms with Crippen molar-refractivity contribution in [1.29, 1.82) is 0 Å². The highest BCUT2D eigenvalue weighted by atomic mass is 16.5. The van der Waals surface area contributed by atoms with E-state index in [0.717, 1.165) is 62.3 Å². The third-order valence-electron chi connectivity index (χ3n) is 5.37. The zero-order valence-electron chi connectivity index (χ0n) is 14.8. The predicted molar refractivity (Wildman–Crippen MR) is 96.2 cm³/mol. The van der Waals surface area contributed by atoms with E-state index in [1.807, 2.05) is 6.07 Å². The van der Waals surface area contributed by atoms with E-state index in [1.54, 1.807) is 0 Å². The first-order valence-electron chi connectivity index (χ1n) is 9.27. The number of nitrogens with one attached hydrogen (secondary N) is 2. The Kier molecular flexibility index (Phi) is 4.72. The average molecular weight is 342 g/mol. The second-order valence-electron chi connectivity index (χ2n) is 7.16. The molecule has 1 unspecified atom stereocenters. The van der Waals surface area contributed by atoms with E-state index >= 15 is 0 Å². The van der Waals surface area contributed by atoms with Crippen molar-refractivity contribution in [1.82, 2.24) is 20.2 Å². The van der Waals surface area contributed by atoms with Crippen LogP contribution in [0.15, 0.2) is 18.2 Å². The number of carbonyl (C=O) groups is 1. The third-order valence-corrected chi connectivity index (χ3v) is 5.37. The van der Waals surface area contributed by atoms with Gasteiger partial charge in [-0.3, -0.25) is 9.69 Å². The molecule has 134 valence electrons. The number of aromatic nitrogens is 2. The molecule has 1 aromatic heterocycles. The summed E-state index contributed by atoms with van der Waals surface area (Å²) in [6, 6.07) is 6.62. The van der Waals surface area contributed by atoms with E-state index in [9.17, 15) is 4.79 Å². The van der Waals surface area contributed by atoms with E-state index in [2.05, 4.69) is 39.2 Å². The lowest BCUT2D eigenvalue weighted by atomic mass is 10.1. The van der Waals surface area contributed by atoms with Gasteiger partial charge in [-0.25, -0.2) is 4.98 Å². The van der Waals surface area contributed by atoms with Gasteiger partial charge in [-0.05, 0) is 56.8 Å². The number of H-pyrrole nitrogens is 1. The second kappa shape index (κ2) is 7.14. The maximum Gasteiger partial charge on any atom is 0.237 e. The van der Waals surface area contributed by atoms with Gasteiger partial charge in [0.05, 0.1) is 23.6 Å². The summed E-state index contributed by atoms with van der Waals surface area (Å²) in [6.45, 7) is 5.16. The topological polar surface area (TPSA) is 70.2 Å². The molecule has 2 aliphatic heterocycles. The van der Waals surface area contributed by atoms with Crippen LogP contribution < -0.4 is 5.32 Å². The van der Waals surface area contributed by atoms with Gasteiger partial charge in [-0.15, -0.1) is 0 Å². The largest absolute Gasteiger partial charge is 0.381 e. The quantitative estimate of drug-likeness (QED) is 0.893. The molecule has 6 nitrogen and oxygen atoms in total. The molecular weight excluding hydrogens is 316 g/mol. The lowest BCUT2D eigenvalue weighted by Gasteiger charge is -2.34. The molecule has 1 amide bonds. The van der Waals surface area contributed by atoms with E-state index in [-0.39, 0.29) is 11.9 Å². The average Bonchev–Trinajstić information content (AvgIpc) is 3.26. The second-order valence-corrected chi connectivity index (χ2v) is 7.16. The number of amides is 1. The number of hydrogen-bond donors (Lipinski definition) is 2. The first kappa shape index (κ1) is 16.5. The molecule has 2 N–H and O–H groups in total. The molecule has 2 fully saturated rings. The Morgan fingerprint density at radius 2 is 2.20 bits per heavy atom. The number of nitrogens with zero attached hydrogens (tertiary/aromatic N) is 2. The first-order valence-corrected chi connectivity index (χ1v) is 9.27. The van der Waals surface area contributed by atoms with Gasteiger partial charge in [0.15, 0.2) is 0 Å². The Bertz CT molecular complexity index is 751. The van der Waals surface area contributed by atoms with Crippen LogP contribution in [-0.4, -0.2) is 52.6 Å². The van der Waals surface area contributed by atoms with E-state index in [1.165, 1.54) is 5.56 Å². The SMILES string of the molecule is Cc1ccc2nc(CNC(=O)C3CCCN3C3CCOCC3)[nH]c2c1. The van der Waals surface area contributed by atoms with Crippen LogP contribution in [0.4, 0.5) is 0 Å². The fourth-order valence-corrected chi connectivity index (χ4v) is 4.07. The molecule has 4 rings (SSSR count). The van der Waals surface area contributed by atoms with Gasteiger partial charge in [0.25, 0.3) is 0 Å². The summed E-state index contributed by atoms with van der Waals surface area (Å²) >= 11 is 0. The number of aryl methyl sites for hydroxylation is 1. The van der Waals surface area contributed by atoms with Crippen LogP contribution in [0.1, 0.15) is 37.1 Å².